The number of carbonyl (C=O) groups is 2. The second-order valence-corrected chi connectivity index (χ2v) is 8.60. The van der Waals surface area contributed by atoms with Crippen molar-refractivity contribution in [2.45, 2.75) is 38.8 Å². The van der Waals surface area contributed by atoms with E-state index in [2.05, 4.69) is 4.98 Å². The van der Waals surface area contributed by atoms with E-state index in [1.807, 2.05) is 36.4 Å². The number of methoxy groups -OCH3 is 1. The molecule has 3 rings (SSSR count). The van der Waals surface area contributed by atoms with E-state index in [0.29, 0.717) is 11.4 Å². The molecule has 7 heteroatoms. The van der Waals surface area contributed by atoms with Crippen LogP contribution in [0.15, 0.2) is 73.1 Å². The third-order valence-electron chi connectivity index (χ3n) is 4.87. The van der Waals surface area contributed by atoms with Crippen molar-refractivity contribution in [1.29, 1.82) is 0 Å². The summed E-state index contributed by atoms with van der Waals surface area (Å²) in [5, 5.41) is 0. The summed E-state index contributed by atoms with van der Waals surface area (Å²) >= 11 is 0. The van der Waals surface area contributed by atoms with E-state index in [-0.39, 0.29) is 6.42 Å². The summed E-state index contributed by atoms with van der Waals surface area (Å²) < 4.78 is 10.7. The molecular formula is C26H29N3O4. The van der Waals surface area contributed by atoms with E-state index < -0.39 is 23.6 Å². The highest BCUT2D eigenvalue weighted by Crippen LogP contribution is 2.25. The van der Waals surface area contributed by atoms with E-state index in [4.69, 9.17) is 15.2 Å². The number of ether oxygens (including phenoxy) is 2. The summed E-state index contributed by atoms with van der Waals surface area (Å²) in [5.41, 5.74) is 8.62. The monoisotopic (exact) mass is 447 g/mol. The van der Waals surface area contributed by atoms with Crippen molar-refractivity contribution < 1.29 is 19.1 Å². The Morgan fingerprint density at radius 2 is 1.52 bits per heavy atom. The zero-order valence-corrected chi connectivity index (χ0v) is 19.3. The standard InChI is InChI=1S/C26H29N3O4/c1-26(2,3)33-25(31)29(21-9-7-19(8-10-21)20-13-15-28-16-14-20)24(30)23(27)17-18-5-11-22(32-4)12-6-18/h5-16,23H,17,27H2,1-4H3/t23-/m0/s1. The fraction of sp³-hybridized carbons (Fsp3) is 0.269. The summed E-state index contributed by atoms with van der Waals surface area (Å²) in [6, 6.07) is 17.2. The third kappa shape index (κ3) is 6.40. The normalized spacial score (nSPS) is 12.0. The molecule has 2 aromatic carbocycles. The van der Waals surface area contributed by atoms with Crippen molar-refractivity contribution >= 4 is 17.7 Å². The van der Waals surface area contributed by atoms with Gasteiger partial charge in [-0.25, -0.2) is 9.69 Å². The van der Waals surface area contributed by atoms with E-state index in [9.17, 15) is 9.59 Å². The van der Waals surface area contributed by atoms with Gasteiger partial charge in [0.1, 0.15) is 11.4 Å². The van der Waals surface area contributed by atoms with E-state index in [1.54, 1.807) is 64.5 Å². The van der Waals surface area contributed by atoms with Crippen LogP contribution in [0.2, 0.25) is 0 Å². The largest absolute Gasteiger partial charge is 0.497 e. The van der Waals surface area contributed by atoms with Gasteiger partial charge >= 0.3 is 6.09 Å². The first kappa shape index (κ1) is 23.9. The maximum absolute atomic E-state index is 13.3. The predicted molar refractivity (Wildman–Crippen MR) is 128 cm³/mol. The average molecular weight is 448 g/mol. The number of imide groups is 1. The molecule has 3 aromatic rings. The molecule has 0 saturated carbocycles. The zero-order chi connectivity index (χ0) is 24.0. The van der Waals surface area contributed by atoms with Gasteiger partial charge in [-0.3, -0.25) is 9.78 Å². The average Bonchev–Trinajstić information content (AvgIpc) is 2.79. The lowest BCUT2D eigenvalue weighted by Crippen LogP contribution is -2.49. The molecule has 0 saturated heterocycles. The predicted octanol–water partition coefficient (Wildman–Crippen LogP) is 4.60. The first-order valence-electron chi connectivity index (χ1n) is 10.6. The van der Waals surface area contributed by atoms with Gasteiger partial charge in [0.15, 0.2) is 0 Å². The van der Waals surface area contributed by atoms with Crippen LogP contribution in [0.1, 0.15) is 26.3 Å². The minimum atomic E-state index is -0.939. The van der Waals surface area contributed by atoms with Crippen LogP contribution >= 0.6 is 0 Å². The molecule has 1 aromatic heterocycles. The molecule has 0 bridgehead atoms. The van der Waals surface area contributed by atoms with Crippen molar-refractivity contribution in [1.82, 2.24) is 4.98 Å². The summed E-state index contributed by atoms with van der Waals surface area (Å²) in [6.07, 6.45) is 2.90. The lowest BCUT2D eigenvalue weighted by atomic mass is 10.0. The Morgan fingerprint density at radius 3 is 2.06 bits per heavy atom. The van der Waals surface area contributed by atoms with Crippen LogP contribution in [0.25, 0.3) is 11.1 Å². The van der Waals surface area contributed by atoms with Gasteiger partial charge in [-0.2, -0.15) is 0 Å². The number of hydrogen-bond acceptors (Lipinski definition) is 6. The quantitative estimate of drug-likeness (QED) is 0.594. The number of pyridine rings is 1. The number of rotatable bonds is 6. The molecule has 0 spiro atoms. The van der Waals surface area contributed by atoms with Crippen molar-refractivity contribution in [3.8, 4) is 16.9 Å². The Hall–Kier alpha value is -3.71. The summed E-state index contributed by atoms with van der Waals surface area (Å²) in [6.45, 7) is 5.24. The summed E-state index contributed by atoms with van der Waals surface area (Å²) in [7, 11) is 1.59. The topological polar surface area (TPSA) is 94.8 Å². The number of anilines is 1. The van der Waals surface area contributed by atoms with Gasteiger partial charge in [0.2, 0.25) is 0 Å². The molecule has 0 aliphatic carbocycles. The molecule has 7 nitrogen and oxygen atoms in total. The van der Waals surface area contributed by atoms with Crippen molar-refractivity contribution in [2.24, 2.45) is 5.73 Å². The molecule has 0 fully saturated rings. The van der Waals surface area contributed by atoms with E-state index in [0.717, 1.165) is 21.6 Å². The molecule has 1 heterocycles. The third-order valence-corrected chi connectivity index (χ3v) is 4.87. The van der Waals surface area contributed by atoms with Crippen molar-refractivity contribution in [3.05, 3.63) is 78.6 Å². The summed E-state index contributed by atoms with van der Waals surface area (Å²) in [5.74, 6) is 0.167. The number of aromatic nitrogens is 1. The Labute approximate surface area is 194 Å². The Kier molecular flexibility index (Phi) is 7.45. The highest BCUT2D eigenvalue weighted by atomic mass is 16.6. The molecular weight excluding hydrogens is 418 g/mol. The van der Waals surface area contributed by atoms with Gasteiger partial charge in [-0.15, -0.1) is 0 Å². The lowest BCUT2D eigenvalue weighted by molar-refractivity contribution is -0.119. The van der Waals surface area contributed by atoms with Crippen LogP contribution in [-0.2, 0) is 16.0 Å². The number of nitrogens with two attached hydrogens (primary N) is 1. The first-order valence-corrected chi connectivity index (χ1v) is 10.6. The number of benzene rings is 2. The van der Waals surface area contributed by atoms with Crippen molar-refractivity contribution in [2.75, 3.05) is 12.0 Å². The molecule has 0 unspecified atom stereocenters. The van der Waals surface area contributed by atoms with Crippen molar-refractivity contribution in [3.63, 3.8) is 0 Å². The SMILES string of the molecule is COc1ccc(C[C@H](N)C(=O)N(C(=O)OC(C)(C)C)c2ccc(-c3ccncc3)cc2)cc1. The van der Waals surface area contributed by atoms with Gasteiger partial charge in [0.05, 0.1) is 18.8 Å². The minimum absolute atomic E-state index is 0.261. The van der Waals surface area contributed by atoms with Gasteiger partial charge < -0.3 is 15.2 Å². The van der Waals surface area contributed by atoms with Crippen LogP contribution in [0.4, 0.5) is 10.5 Å². The second-order valence-electron chi connectivity index (χ2n) is 8.60. The maximum atomic E-state index is 13.3. The molecule has 0 aliphatic heterocycles. The number of amides is 2. The Balaban J connectivity index is 1.86. The molecule has 1 atom stereocenters. The number of hydrogen-bond donors (Lipinski definition) is 1. The van der Waals surface area contributed by atoms with Crippen LogP contribution in [0, 0.1) is 0 Å². The van der Waals surface area contributed by atoms with E-state index in [1.165, 1.54) is 0 Å². The highest BCUT2D eigenvalue weighted by Gasteiger charge is 2.32. The molecule has 2 N–H and O–H groups in total. The maximum Gasteiger partial charge on any atom is 0.421 e. The number of nitrogens with zero attached hydrogens (tertiary/aromatic N) is 2. The number of carbonyl (C=O) groups excluding carboxylic acids is 2. The van der Waals surface area contributed by atoms with Crippen LogP contribution < -0.4 is 15.4 Å². The lowest BCUT2D eigenvalue weighted by Gasteiger charge is -2.28. The Bertz CT molecular complexity index is 1080. The summed E-state index contributed by atoms with van der Waals surface area (Å²) in [4.78, 5) is 31.4. The zero-order valence-electron chi connectivity index (χ0n) is 19.3. The van der Waals surface area contributed by atoms with Gasteiger partial charge in [-0.1, -0.05) is 24.3 Å². The van der Waals surface area contributed by atoms with Gasteiger partial charge in [0, 0.05) is 12.4 Å². The second kappa shape index (κ2) is 10.3. The smallest absolute Gasteiger partial charge is 0.421 e. The molecule has 33 heavy (non-hydrogen) atoms. The Morgan fingerprint density at radius 1 is 0.939 bits per heavy atom. The molecule has 2 amide bonds. The molecule has 172 valence electrons. The fourth-order valence-electron chi connectivity index (χ4n) is 3.25. The van der Waals surface area contributed by atoms with Gasteiger partial charge in [0.25, 0.3) is 5.91 Å². The van der Waals surface area contributed by atoms with Gasteiger partial charge in [-0.05, 0) is 80.3 Å². The molecule has 0 aliphatic rings. The van der Waals surface area contributed by atoms with Crippen LogP contribution in [-0.4, -0.2) is 35.7 Å². The van der Waals surface area contributed by atoms with Crippen LogP contribution in [0.3, 0.4) is 0 Å². The first-order chi connectivity index (χ1) is 15.7. The highest BCUT2D eigenvalue weighted by molar-refractivity contribution is 6.14. The minimum Gasteiger partial charge on any atom is -0.497 e. The van der Waals surface area contributed by atoms with Crippen LogP contribution in [0.5, 0.6) is 5.75 Å². The molecule has 0 radical (unpaired) electrons. The fourth-order valence-corrected chi connectivity index (χ4v) is 3.25. The van der Waals surface area contributed by atoms with E-state index >= 15 is 0 Å².